The predicted octanol–water partition coefficient (Wildman–Crippen LogP) is 1.68. The maximum atomic E-state index is 13.8. The van der Waals surface area contributed by atoms with Gasteiger partial charge in [-0.1, -0.05) is 13.0 Å². The van der Waals surface area contributed by atoms with Crippen molar-refractivity contribution in [2.24, 2.45) is 5.92 Å². The fourth-order valence-corrected chi connectivity index (χ4v) is 2.65. The lowest BCUT2D eigenvalue weighted by molar-refractivity contribution is -0.125. The second-order valence-electron chi connectivity index (χ2n) is 5.15. The van der Waals surface area contributed by atoms with Gasteiger partial charge in [0.1, 0.15) is 10.7 Å². The Morgan fingerprint density at radius 1 is 1.32 bits per heavy atom. The van der Waals surface area contributed by atoms with Crippen molar-refractivity contribution in [3.8, 4) is 0 Å². The Bertz CT molecular complexity index is 623. The van der Waals surface area contributed by atoms with Crippen molar-refractivity contribution >= 4 is 28.2 Å². The summed E-state index contributed by atoms with van der Waals surface area (Å²) in [5, 5.41) is 5.68. The van der Waals surface area contributed by atoms with E-state index < -0.39 is 21.7 Å². The zero-order valence-corrected chi connectivity index (χ0v) is 14.6. The van der Waals surface area contributed by atoms with Gasteiger partial charge in [0.25, 0.3) is 0 Å². The molecule has 0 saturated carbocycles. The third-order valence-electron chi connectivity index (χ3n) is 3.17. The summed E-state index contributed by atoms with van der Waals surface area (Å²) in [7, 11) is -1.83. The lowest BCUT2D eigenvalue weighted by atomic mass is 10.1. The van der Waals surface area contributed by atoms with E-state index in [1.807, 2.05) is 0 Å². The number of nitrogens with one attached hydrogen (secondary N) is 2. The van der Waals surface area contributed by atoms with E-state index in [2.05, 4.69) is 10.6 Å². The van der Waals surface area contributed by atoms with Crippen molar-refractivity contribution in [2.75, 3.05) is 19.8 Å². The number of hydrogen-bond acceptors (Lipinski definition) is 4. The van der Waals surface area contributed by atoms with Gasteiger partial charge in [0, 0.05) is 18.7 Å². The molecule has 22 heavy (non-hydrogen) atoms. The van der Waals surface area contributed by atoms with E-state index in [1.54, 1.807) is 20.9 Å². The first-order valence-corrected chi connectivity index (χ1v) is 8.50. The van der Waals surface area contributed by atoms with Crippen LogP contribution in [0.5, 0.6) is 0 Å². The Morgan fingerprint density at radius 3 is 2.36 bits per heavy atom. The van der Waals surface area contributed by atoms with Gasteiger partial charge >= 0.3 is 0 Å². The van der Waals surface area contributed by atoms with Crippen LogP contribution in [-0.4, -0.2) is 34.2 Å². The highest BCUT2D eigenvalue weighted by atomic mass is 35.5. The molecule has 0 aliphatic heterocycles. The van der Waals surface area contributed by atoms with E-state index in [0.29, 0.717) is 12.1 Å². The quantitative estimate of drug-likeness (QED) is 0.816. The van der Waals surface area contributed by atoms with Gasteiger partial charge in [-0.3, -0.25) is 4.79 Å². The number of amides is 1. The highest BCUT2D eigenvalue weighted by Crippen LogP contribution is 2.20. The molecule has 0 spiro atoms. The first-order valence-electron chi connectivity index (χ1n) is 6.61. The molecule has 2 unspecified atom stereocenters. The fourth-order valence-electron chi connectivity index (χ4n) is 1.93. The fraction of sp³-hybridized carbons (Fsp3) is 0.500. The summed E-state index contributed by atoms with van der Waals surface area (Å²) in [6.07, 6.45) is 0.954. The van der Waals surface area contributed by atoms with Crippen LogP contribution in [0.1, 0.15) is 25.5 Å². The van der Waals surface area contributed by atoms with Gasteiger partial charge in [-0.2, -0.15) is 0 Å². The van der Waals surface area contributed by atoms with Crippen molar-refractivity contribution in [1.82, 2.24) is 10.6 Å². The zero-order chi connectivity index (χ0) is 16.2. The minimum absolute atomic E-state index is 0. The van der Waals surface area contributed by atoms with Gasteiger partial charge in [0.05, 0.1) is 6.04 Å². The molecule has 0 fully saturated rings. The Labute approximate surface area is 137 Å². The van der Waals surface area contributed by atoms with Gasteiger partial charge < -0.3 is 10.6 Å². The van der Waals surface area contributed by atoms with E-state index >= 15 is 0 Å². The molecular weight excluding hydrogens is 331 g/mol. The molecule has 0 saturated heterocycles. The molecule has 1 rings (SSSR count). The summed E-state index contributed by atoms with van der Waals surface area (Å²) in [6.45, 7) is 4.05. The third-order valence-corrected chi connectivity index (χ3v) is 4.30. The van der Waals surface area contributed by atoms with E-state index in [0.717, 1.165) is 12.3 Å². The maximum absolute atomic E-state index is 13.8. The van der Waals surface area contributed by atoms with Crippen molar-refractivity contribution < 1.29 is 17.6 Å². The number of rotatable bonds is 6. The molecule has 0 heterocycles. The number of hydrogen-bond donors (Lipinski definition) is 2. The smallest absolute Gasteiger partial charge is 0.224 e. The second kappa shape index (κ2) is 8.45. The van der Waals surface area contributed by atoms with Crippen LogP contribution < -0.4 is 10.6 Å². The van der Waals surface area contributed by atoms with Crippen molar-refractivity contribution in [3.63, 3.8) is 0 Å². The first kappa shape index (κ1) is 20.8. The van der Waals surface area contributed by atoms with Crippen LogP contribution >= 0.6 is 12.4 Å². The van der Waals surface area contributed by atoms with Crippen LogP contribution in [0.4, 0.5) is 4.39 Å². The van der Waals surface area contributed by atoms with Crippen LogP contribution in [0, 0.1) is 11.7 Å². The van der Waals surface area contributed by atoms with E-state index in [4.69, 9.17) is 0 Å². The summed E-state index contributed by atoms with van der Waals surface area (Å²) in [5.41, 5.74) is 0.518. The molecule has 8 heteroatoms. The van der Waals surface area contributed by atoms with Crippen LogP contribution in [0.3, 0.4) is 0 Å². The summed E-state index contributed by atoms with van der Waals surface area (Å²) < 4.78 is 36.5. The third kappa shape index (κ3) is 5.55. The number of benzene rings is 1. The van der Waals surface area contributed by atoms with Gasteiger partial charge in [-0.25, -0.2) is 12.8 Å². The molecule has 1 aromatic rings. The van der Waals surface area contributed by atoms with Crippen molar-refractivity contribution in [2.45, 2.75) is 24.8 Å². The van der Waals surface area contributed by atoms with Gasteiger partial charge in [-0.15, -0.1) is 12.4 Å². The molecule has 1 aromatic carbocycles. The second-order valence-corrected chi connectivity index (χ2v) is 7.14. The largest absolute Gasteiger partial charge is 0.349 e. The summed E-state index contributed by atoms with van der Waals surface area (Å²) >= 11 is 0. The predicted molar refractivity (Wildman–Crippen MR) is 86.4 cm³/mol. The van der Waals surface area contributed by atoms with E-state index in [-0.39, 0.29) is 29.1 Å². The van der Waals surface area contributed by atoms with E-state index in [1.165, 1.54) is 12.1 Å². The van der Waals surface area contributed by atoms with Crippen molar-refractivity contribution in [3.05, 3.63) is 29.6 Å². The topological polar surface area (TPSA) is 75.3 Å². The number of carbonyl (C=O) groups excluding carboxylic acids is 1. The van der Waals surface area contributed by atoms with Crippen LogP contribution in [0.15, 0.2) is 23.1 Å². The minimum Gasteiger partial charge on any atom is -0.349 e. The van der Waals surface area contributed by atoms with Crippen molar-refractivity contribution in [1.29, 1.82) is 0 Å². The Balaban J connectivity index is 0.00000441. The average molecular weight is 353 g/mol. The standard InChI is InChI=1S/C14H21FN2O3S.ClH/c1-9(8-16-3)14(18)17-10(2)11-5-6-13(12(15)7-11)21(4,19)20;/h5-7,9-10,16H,8H2,1-4H3,(H,17,18);1H. The molecular formula is C14H22ClFN2O3S. The zero-order valence-electron chi connectivity index (χ0n) is 13.0. The molecule has 0 aliphatic carbocycles. The molecule has 0 bridgehead atoms. The summed E-state index contributed by atoms with van der Waals surface area (Å²) in [6, 6.07) is 3.47. The molecule has 5 nitrogen and oxygen atoms in total. The minimum atomic E-state index is -3.59. The van der Waals surface area contributed by atoms with Gasteiger partial charge in [0.15, 0.2) is 9.84 Å². The Hall–Kier alpha value is -1.18. The number of halogens is 2. The molecule has 0 aromatic heterocycles. The molecule has 2 atom stereocenters. The highest BCUT2D eigenvalue weighted by Gasteiger charge is 2.18. The first-order chi connectivity index (χ1) is 9.66. The highest BCUT2D eigenvalue weighted by molar-refractivity contribution is 7.90. The monoisotopic (exact) mass is 352 g/mol. The van der Waals surface area contributed by atoms with Crippen LogP contribution in [0.2, 0.25) is 0 Å². The van der Waals surface area contributed by atoms with Gasteiger partial charge in [0.2, 0.25) is 5.91 Å². The average Bonchev–Trinajstić information content (AvgIpc) is 2.37. The summed E-state index contributed by atoms with van der Waals surface area (Å²) in [5.74, 6) is -1.17. The van der Waals surface area contributed by atoms with E-state index in [9.17, 15) is 17.6 Å². The van der Waals surface area contributed by atoms with Crippen LogP contribution in [-0.2, 0) is 14.6 Å². The Kier molecular flexibility index (Phi) is 8.00. The SMILES string of the molecule is CNCC(C)C(=O)NC(C)c1ccc(S(C)(=O)=O)c(F)c1.Cl. The molecule has 2 N–H and O–H groups in total. The van der Waals surface area contributed by atoms with Crippen LogP contribution in [0.25, 0.3) is 0 Å². The maximum Gasteiger partial charge on any atom is 0.224 e. The number of carbonyl (C=O) groups is 1. The molecule has 0 aliphatic rings. The molecule has 0 radical (unpaired) electrons. The number of sulfone groups is 1. The molecule has 126 valence electrons. The van der Waals surface area contributed by atoms with Gasteiger partial charge in [-0.05, 0) is 31.7 Å². The lowest BCUT2D eigenvalue weighted by Crippen LogP contribution is -2.35. The molecule has 1 amide bonds. The summed E-state index contributed by atoms with van der Waals surface area (Å²) in [4.78, 5) is 11.5. The Morgan fingerprint density at radius 2 is 1.91 bits per heavy atom. The lowest BCUT2D eigenvalue weighted by Gasteiger charge is -2.18. The normalized spacial score (nSPS) is 13.9.